The summed E-state index contributed by atoms with van der Waals surface area (Å²) in [6.45, 7) is 0. The van der Waals surface area contributed by atoms with E-state index in [4.69, 9.17) is 9.47 Å². The molecular formula is C20H14O5. The van der Waals surface area contributed by atoms with Gasteiger partial charge in [0.2, 0.25) is 5.75 Å². The van der Waals surface area contributed by atoms with E-state index in [0.717, 1.165) is 0 Å². The molecule has 3 aromatic carbocycles. The number of phenolic OH excluding ortho intramolecular Hbond substituents is 1. The average molecular weight is 334 g/mol. The smallest absolute Gasteiger partial charge is 0.343 e. The highest BCUT2D eigenvalue weighted by atomic mass is 16.6. The van der Waals surface area contributed by atoms with E-state index in [1.807, 2.05) is 0 Å². The number of phenols is 1. The summed E-state index contributed by atoms with van der Waals surface area (Å²) in [4.78, 5) is 24.2. The number of rotatable bonds is 4. The second-order valence-corrected chi connectivity index (χ2v) is 5.11. The predicted molar refractivity (Wildman–Crippen MR) is 90.9 cm³/mol. The first kappa shape index (κ1) is 16.3. The Kier molecular flexibility index (Phi) is 4.76. The Morgan fingerprint density at radius 1 is 0.600 bits per heavy atom. The summed E-state index contributed by atoms with van der Waals surface area (Å²) in [5.74, 6) is -1.85. The fourth-order valence-electron chi connectivity index (χ4n) is 2.13. The third-order valence-electron chi connectivity index (χ3n) is 3.39. The molecule has 5 nitrogen and oxygen atoms in total. The van der Waals surface area contributed by atoms with Crippen molar-refractivity contribution < 1.29 is 24.2 Å². The lowest BCUT2D eigenvalue weighted by Gasteiger charge is -2.10. The van der Waals surface area contributed by atoms with Crippen molar-refractivity contribution in [1.29, 1.82) is 0 Å². The van der Waals surface area contributed by atoms with Crippen LogP contribution in [0.15, 0.2) is 78.9 Å². The number of carbonyl (C=O) groups is 2. The Morgan fingerprint density at radius 2 is 1.00 bits per heavy atom. The molecule has 0 atom stereocenters. The lowest BCUT2D eigenvalue weighted by Crippen LogP contribution is -2.10. The summed E-state index contributed by atoms with van der Waals surface area (Å²) in [6.07, 6.45) is 0. The molecule has 3 rings (SSSR count). The van der Waals surface area contributed by atoms with E-state index >= 15 is 0 Å². The fraction of sp³-hybridized carbons (Fsp3) is 0. The first-order chi connectivity index (χ1) is 12.1. The zero-order valence-electron chi connectivity index (χ0n) is 13.1. The van der Waals surface area contributed by atoms with E-state index in [2.05, 4.69) is 0 Å². The largest absolute Gasteiger partial charge is 0.502 e. The standard InChI is InChI=1S/C20H14O5/c21-18-16(24-19(22)14-8-3-1-4-9-14)12-7-13-17(18)25-20(23)15-10-5-2-6-11-15/h1-13,21H. The van der Waals surface area contributed by atoms with E-state index < -0.39 is 17.7 Å². The molecule has 25 heavy (non-hydrogen) atoms. The van der Waals surface area contributed by atoms with Crippen LogP contribution in [0.3, 0.4) is 0 Å². The van der Waals surface area contributed by atoms with Gasteiger partial charge in [-0.1, -0.05) is 42.5 Å². The summed E-state index contributed by atoms with van der Waals surface area (Å²) >= 11 is 0. The van der Waals surface area contributed by atoms with Gasteiger partial charge in [0.05, 0.1) is 11.1 Å². The Hall–Kier alpha value is -3.60. The highest BCUT2D eigenvalue weighted by Gasteiger charge is 2.17. The number of aromatic hydroxyl groups is 1. The van der Waals surface area contributed by atoms with Crippen molar-refractivity contribution in [1.82, 2.24) is 0 Å². The molecule has 0 aliphatic carbocycles. The van der Waals surface area contributed by atoms with Crippen molar-refractivity contribution >= 4 is 11.9 Å². The van der Waals surface area contributed by atoms with Crippen LogP contribution in [0, 0.1) is 0 Å². The molecule has 0 amide bonds. The monoisotopic (exact) mass is 334 g/mol. The molecule has 0 aliphatic heterocycles. The number of hydrogen-bond donors (Lipinski definition) is 1. The molecule has 3 aromatic rings. The normalized spacial score (nSPS) is 10.1. The lowest BCUT2D eigenvalue weighted by molar-refractivity contribution is 0.0722. The minimum Gasteiger partial charge on any atom is -0.502 e. The molecule has 0 saturated heterocycles. The van der Waals surface area contributed by atoms with Crippen LogP contribution in [0.2, 0.25) is 0 Å². The van der Waals surface area contributed by atoms with Crippen molar-refractivity contribution in [2.45, 2.75) is 0 Å². The van der Waals surface area contributed by atoms with Crippen LogP contribution in [0.25, 0.3) is 0 Å². The fourth-order valence-corrected chi connectivity index (χ4v) is 2.13. The summed E-state index contributed by atoms with van der Waals surface area (Å²) < 4.78 is 10.4. The molecule has 1 N–H and O–H groups in total. The van der Waals surface area contributed by atoms with Gasteiger partial charge in [0.15, 0.2) is 11.5 Å². The van der Waals surface area contributed by atoms with E-state index in [0.29, 0.717) is 11.1 Å². The van der Waals surface area contributed by atoms with Crippen molar-refractivity contribution in [3.05, 3.63) is 90.0 Å². The number of ether oxygens (including phenoxy) is 2. The van der Waals surface area contributed by atoms with Gasteiger partial charge in [-0.15, -0.1) is 0 Å². The molecule has 0 unspecified atom stereocenters. The van der Waals surface area contributed by atoms with E-state index in [1.165, 1.54) is 18.2 Å². The van der Waals surface area contributed by atoms with Crippen LogP contribution in [0.1, 0.15) is 20.7 Å². The quantitative estimate of drug-likeness (QED) is 0.580. The summed E-state index contributed by atoms with van der Waals surface area (Å²) in [6, 6.07) is 21.1. The maximum atomic E-state index is 12.1. The van der Waals surface area contributed by atoms with E-state index in [1.54, 1.807) is 60.7 Å². The van der Waals surface area contributed by atoms with Gasteiger partial charge in [-0.05, 0) is 36.4 Å². The molecule has 0 spiro atoms. The third kappa shape index (κ3) is 3.84. The second-order valence-electron chi connectivity index (χ2n) is 5.11. The molecular weight excluding hydrogens is 320 g/mol. The van der Waals surface area contributed by atoms with Gasteiger partial charge in [0, 0.05) is 0 Å². The number of benzene rings is 3. The van der Waals surface area contributed by atoms with Gasteiger partial charge < -0.3 is 14.6 Å². The van der Waals surface area contributed by atoms with Crippen molar-refractivity contribution in [2.75, 3.05) is 0 Å². The Labute approximate surface area is 144 Å². The summed E-state index contributed by atoms with van der Waals surface area (Å²) in [5, 5.41) is 10.2. The molecule has 124 valence electrons. The number of esters is 2. The van der Waals surface area contributed by atoms with E-state index in [-0.39, 0.29) is 11.5 Å². The predicted octanol–water partition coefficient (Wildman–Crippen LogP) is 3.83. The lowest BCUT2D eigenvalue weighted by atomic mass is 10.2. The van der Waals surface area contributed by atoms with Gasteiger partial charge >= 0.3 is 11.9 Å². The van der Waals surface area contributed by atoms with Crippen LogP contribution in [-0.2, 0) is 0 Å². The van der Waals surface area contributed by atoms with Gasteiger partial charge in [-0.25, -0.2) is 9.59 Å². The average Bonchev–Trinajstić information content (AvgIpc) is 2.66. The zero-order chi connectivity index (χ0) is 17.6. The molecule has 5 heteroatoms. The first-order valence-corrected chi connectivity index (χ1v) is 7.51. The van der Waals surface area contributed by atoms with Crippen LogP contribution in [0.4, 0.5) is 0 Å². The second kappa shape index (κ2) is 7.31. The molecule has 0 bridgehead atoms. The van der Waals surface area contributed by atoms with Gasteiger partial charge in [0.25, 0.3) is 0 Å². The zero-order valence-corrected chi connectivity index (χ0v) is 13.1. The van der Waals surface area contributed by atoms with E-state index in [9.17, 15) is 14.7 Å². The molecule has 0 heterocycles. The SMILES string of the molecule is O=C(Oc1cccc(OC(=O)c2ccccc2)c1O)c1ccccc1. The Morgan fingerprint density at radius 3 is 1.40 bits per heavy atom. The van der Waals surface area contributed by atoms with Gasteiger partial charge in [0.1, 0.15) is 0 Å². The molecule has 0 aromatic heterocycles. The maximum Gasteiger partial charge on any atom is 0.343 e. The van der Waals surface area contributed by atoms with Crippen molar-refractivity contribution in [2.24, 2.45) is 0 Å². The van der Waals surface area contributed by atoms with Crippen LogP contribution in [0.5, 0.6) is 17.2 Å². The van der Waals surface area contributed by atoms with Crippen LogP contribution >= 0.6 is 0 Å². The van der Waals surface area contributed by atoms with Crippen molar-refractivity contribution in [3.63, 3.8) is 0 Å². The minimum atomic E-state index is -0.623. The molecule has 0 aliphatic rings. The van der Waals surface area contributed by atoms with Crippen LogP contribution < -0.4 is 9.47 Å². The highest BCUT2D eigenvalue weighted by molar-refractivity contribution is 5.92. The number of hydrogen-bond acceptors (Lipinski definition) is 5. The summed E-state index contributed by atoms with van der Waals surface area (Å²) in [7, 11) is 0. The minimum absolute atomic E-state index is 0.0905. The summed E-state index contributed by atoms with van der Waals surface area (Å²) in [5.41, 5.74) is 0.683. The molecule has 0 saturated carbocycles. The first-order valence-electron chi connectivity index (χ1n) is 7.51. The Balaban J connectivity index is 1.78. The third-order valence-corrected chi connectivity index (χ3v) is 3.39. The topological polar surface area (TPSA) is 72.8 Å². The number of carbonyl (C=O) groups excluding carboxylic acids is 2. The van der Waals surface area contributed by atoms with Gasteiger partial charge in [-0.3, -0.25) is 0 Å². The number of para-hydroxylation sites is 1. The van der Waals surface area contributed by atoms with Crippen LogP contribution in [-0.4, -0.2) is 17.0 Å². The Bertz CT molecular complexity index is 817. The maximum absolute atomic E-state index is 12.1. The van der Waals surface area contributed by atoms with Crippen molar-refractivity contribution in [3.8, 4) is 17.2 Å². The molecule has 0 fully saturated rings. The highest BCUT2D eigenvalue weighted by Crippen LogP contribution is 2.36. The molecule has 0 radical (unpaired) electrons. The van der Waals surface area contributed by atoms with Gasteiger partial charge in [-0.2, -0.15) is 0 Å².